The summed E-state index contributed by atoms with van der Waals surface area (Å²) in [6, 6.07) is 13.4. The van der Waals surface area contributed by atoms with Gasteiger partial charge in [0.05, 0.1) is 6.10 Å². The summed E-state index contributed by atoms with van der Waals surface area (Å²) < 4.78 is 10.8. The first-order valence-electron chi connectivity index (χ1n) is 8.56. The van der Waals surface area contributed by atoms with Crippen LogP contribution in [-0.2, 0) is 0 Å². The maximum absolute atomic E-state index is 12.7. The Morgan fingerprint density at radius 2 is 1.96 bits per heavy atom. The normalized spacial score (nSPS) is 22.1. The topological polar surface area (TPSA) is 59.0 Å². The Bertz CT molecular complexity index is 804. The van der Waals surface area contributed by atoms with Crippen molar-refractivity contribution in [3.8, 4) is 11.5 Å². The fourth-order valence-corrected chi connectivity index (χ4v) is 3.63. The number of carbonyl (C=O) groups is 1. The van der Waals surface area contributed by atoms with Gasteiger partial charge < -0.3 is 19.5 Å². The van der Waals surface area contributed by atoms with Gasteiger partial charge in [-0.2, -0.15) is 0 Å². The van der Waals surface area contributed by atoms with Gasteiger partial charge in [-0.3, -0.25) is 4.79 Å². The molecule has 0 unspecified atom stereocenters. The highest BCUT2D eigenvalue weighted by Crippen LogP contribution is 2.37. The van der Waals surface area contributed by atoms with Gasteiger partial charge in [0.15, 0.2) is 11.5 Å². The lowest BCUT2D eigenvalue weighted by atomic mass is 9.86. The van der Waals surface area contributed by atoms with Crippen molar-refractivity contribution in [3.63, 3.8) is 0 Å². The minimum Gasteiger partial charge on any atom is -0.454 e. The third kappa shape index (κ3) is 2.96. The SMILES string of the molecule is Cc1ccccc1C(=O)N1CC[C@@H](c2ccc3c(c2)OCO3)[C@H](O)C1. The number of aliphatic hydroxyl groups is 1. The molecule has 2 heterocycles. The summed E-state index contributed by atoms with van der Waals surface area (Å²) in [6.07, 6.45) is 0.125. The number of benzene rings is 2. The van der Waals surface area contributed by atoms with E-state index < -0.39 is 6.10 Å². The number of β-amino-alcohol motifs (C(OH)–C–C–N with tert-alkyl or cyclic N) is 1. The number of aryl methyl sites for hydroxylation is 1. The molecule has 2 atom stereocenters. The second kappa shape index (κ2) is 6.41. The molecular formula is C20H21NO4. The molecule has 25 heavy (non-hydrogen) atoms. The van der Waals surface area contributed by atoms with Crippen molar-refractivity contribution in [1.82, 2.24) is 4.90 Å². The number of aliphatic hydroxyl groups excluding tert-OH is 1. The molecule has 0 saturated carbocycles. The van der Waals surface area contributed by atoms with E-state index in [2.05, 4.69) is 0 Å². The molecule has 130 valence electrons. The van der Waals surface area contributed by atoms with Crippen LogP contribution in [0.5, 0.6) is 11.5 Å². The molecule has 2 aliphatic heterocycles. The Morgan fingerprint density at radius 3 is 2.76 bits per heavy atom. The lowest BCUT2D eigenvalue weighted by molar-refractivity contribution is 0.0381. The first kappa shape index (κ1) is 16.0. The third-order valence-electron chi connectivity index (χ3n) is 5.07. The number of piperidine rings is 1. The highest BCUT2D eigenvalue weighted by molar-refractivity contribution is 5.95. The van der Waals surface area contributed by atoms with Crippen molar-refractivity contribution in [1.29, 1.82) is 0 Å². The fraction of sp³-hybridized carbons (Fsp3) is 0.350. The number of amides is 1. The molecular weight excluding hydrogens is 318 g/mol. The quantitative estimate of drug-likeness (QED) is 0.914. The largest absolute Gasteiger partial charge is 0.454 e. The number of hydrogen-bond acceptors (Lipinski definition) is 4. The van der Waals surface area contributed by atoms with Gasteiger partial charge in [0.1, 0.15) is 0 Å². The van der Waals surface area contributed by atoms with E-state index in [9.17, 15) is 9.90 Å². The van der Waals surface area contributed by atoms with Crippen molar-refractivity contribution in [2.45, 2.75) is 25.4 Å². The first-order chi connectivity index (χ1) is 12.1. The van der Waals surface area contributed by atoms with Crippen molar-refractivity contribution < 1.29 is 19.4 Å². The molecule has 2 aliphatic rings. The van der Waals surface area contributed by atoms with Crippen molar-refractivity contribution in [2.75, 3.05) is 19.9 Å². The van der Waals surface area contributed by atoms with E-state index in [1.54, 1.807) is 4.90 Å². The number of nitrogens with zero attached hydrogens (tertiary/aromatic N) is 1. The van der Waals surface area contributed by atoms with E-state index >= 15 is 0 Å². The van der Waals surface area contributed by atoms with Crippen molar-refractivity contribution in [2.24, 2.45) is 0 Å². The summed E-state index contributed by atoms with van der Waals surface area (Å²) in [5, 5.41) is 10.6. The monoisotopic (exact) mass is 339 g/mol. The molecule has 1 N–H and O–H groups in total. The van der Waals surface area contributed by atoms with Gasteiger partial charge in [-0.1, -0.05) is 24.3 Å². The standard InChI is InChI=1S/C20H21NO4/c1-13-4-2-3-5-15(13)20(23)21-9-8-16(17(22)11-21)14-6-7-18-19(10-14)25-12-24-18/h2-7,10,16-17,22H,8-9,11-12H2,1H3/t16-,17+/m0/s1. The van der Waals surface area contributed by atoms with Crippen LogP contribution in [0, 0.1) is 6.92 Å². The Morgan fingerprint density at radius 1 is 1.16 bits per heavy atom. The van der Waals surface area contributed by atoms with Crippen molar-refractivity contribution in [3.05, 3.63) is 59.2 Å². The van der Waals surface area contributed by atoms with Crippen molar-refractivity contribution >= 4 is 5.91 Å². The van der Waals surface area contributed by atoms with Gasteiger partial charge in [0, 0.05) is 24.6 Å². The number of ether oxygens (including phenoxy) is 2. The predicted molar refractivity (Wildman–Crippen MR) is 93.0 cm³/mol. The summed E-state index contributed by atoms with van der Waals surface area (Å²) in [6.45, 7) is 3.14. The van der Waals surface area contributed by atoms with Gasteiger partial charge in [0.25, 0.3) is 5.91 Å². The Balaban J connectivity index is 1.49. The summed E-state index contributed by atoms with van der Waals surface area (Å²) in [7, 11) is 0. The van der Waals surface area contributed by atoms with E-state index in [4.69, 9.17) is 9.47 Å². The third-order valence-corrected chi connectivity index (χ3v) is 5.07. The van der Waals surface area contributed by atoms with Crippen LogP contribution in [0.4, 0.5) is 0 Å². The number of likely N-dealkylation sites (tertiary alicyclic amines) is 1. The zero-order chi connectivity index (χ0) is 17.4. The molecule has 4 rings (SSSR count). The highest BCUT2D eigenvalue weighted by atomic mass is 16.7. The van der Waals surface area contributed by atoms with Gasteiger partial charge in [-0.15, -0.1) is 0 Å². The summed E-state index contributed by atoms with van der Waals surface area (Å²) in [4.78, 5) is 14.5. The zero-order valence-electron chi connectivity index (χ0n) is 14.1. The summed E-state index contributed by atoms with van der Waals surface area (Å²) in [5.41, 5.74) is 2.69. The molecule has 1 fully saturated rings. The van der Waals surface area contributed by atoms with Crippen LogP contribution >= 0.6 is 0 Å². The number of carbonyl (C=O) groups excluding carboxylic acids is 1. The van der Waals surface area contributed by atoms with Gasteiger partial charge in [0.2, 0.25) is 6.79 Å². The molecule has 0 aromatic heterocycles. The average molecular weight is 339 g/mol. The maximum Gasteiger partial charge on any atom is 0.254 e. The molecule has 5 heteroatoms. The minimum absolute atomic E-state index is 0.00424. The molecule has 2 aromatic rings. The Labute approximate surface area is 146 Å². The number of hydrogen-bond donors (Lipinski definition) is 1. The lowest BCUT2D eigenvalue weighted by Crippen LogP contribution is -2.45. The van der Waals surface area contributed by atoms with Crippen LogP contribution in [-0.4, -0.2) is 41.9 Å². The summed E-state index contributed by atoms with van der Waals surface area (Å²) in [5.74, 6) is 1.45. The fourth-order valence-electron chi connectivity index (χ4n) is 3.63. The van der Waals surface area contributed by atoms with E-state index in [1.165, 1.54) is 0 Å². The van der Waals surface area contributed by atoms with Gasteiger partial charge in [-0.25, -0.2) is 0 Å². The molecule has 0 aliphatic carbocycles. The van der Waals surface area contributed by atoms with Crippen LogP contribution in [0.15, 0.2) is 42.5 Å². The zero-order valence-corrected chi connectivity index (χ0v) is 14.1. The molecule has 0 bridgehead atoms. The first-order valence-corrected chi connectivity index (χ1v) is 8.56. The molecule has 2 aromatic carbocycles. The van der Waals surface area contributed by atoms with E-state index in [0.717, 1.165) is 29.0 Å². The molecule has 5 nitrogen and oxygen atoms in total. The molecule has 0 spiro atoms. The second-order valence-electron chi connectivity index (χ2n) is 6.64. The van der Waals surface area contributed by atoms with E-state index in [0.29, 0.717) is 18.7 Å². The molecule has 1 saturated heterocycles. The maximum atomic E-state index is 12.7. The molecule has 1 amide bonds. The molecule has 0 radical (unpaired) electrons. The average Bonchev–Trinajstić information content (AvgIpc) is 3.09. The second-order valence-corrected chi connectivity index (χ2v) is 6.64. The van der Waals surface area contributed by atoms with Crippen LogP contribution < -0.4 is 9.47 Å². The summed E-state index contributed by atoms with van der Waals surface area (Å²) >= 11 is 0. The minimum atomic E-state index is -0.595. The smallest absolute Gasteiger partial charge is 0.254 e. The number of fused-ring (bicyclic) bond motifs is 1. The number of rotatable bonds is 2. The lowest BCUT2D eigenvalue weighted by Gasteiger charge is -2.36. The predicted octanol–water partition coefficient (Wildman–Crippen LogP) is 2.71. The van der Waals surface area contributed by atoms with E-state index in [-0.39, 0.29) is 18.6 Å². The van der Waals surface area contributed by atoms with E-state index in [1.807, 2.05) is 49.4 Å². The van der Waals surface area contributed by atoms with Crippen LogP contribution in [0.25, 0.3) is 0 Å². The Kier molecular flexibility index (Phi) is 4.09. The van der Waals surface area contributed by atoms with Gasteiger partial charge >= 0.3 is 0 Å². The van der Waals surface area contributed by atoms with Crippen LogP contribution in [0.1, 0.15) is 33.8 Å². The van der Waals surface area contributed by atoms with Crippen LogP contribution in [0.3, 0.4) is 0 Å². The van der Waals surface area contributed by atoms with Crippen LogP contribution in [0.2, 0.25) is 0 Å². The highest BCUT2D eigenvalue weighted by Gasteiger charge is 2.32. The Hall–Kier alpha value is -2.53. The van der Waals surface area contributed by atoms with Gasteiger partial charge in [-0.05, 0) is 42.7 Å².